The summed E-state index contributed by atoms with van der Waals surface area (Å²) < 4.78 is 33.3. The van der Waals surface area contributed by atoms with Crippen molar-refractivity contribution in [2.45, 2.75) is 62.5 Å². The van der Waals surface area contributed by atoms with Crippen molar-refractivity contribution in [1.82, 2.24) is 9.21 Å². The van der Waals surface area contributed by atoms with Crippen LogP contribution in [0, 0.1) is 5.92 Å². The van der Waals surface area contributed by atoms with E-state index in [1.165, 1.54) is 34.1 Å². The van der Waals surface area contributed by atoms with Gasteiger partial charge in [0.25, 0.3) is 0 Å². The Kier molecular flexibility index (Phi) is 7.43. The summed E-state index contributed by atoms with van der Waals surface area (Å²) >= 11 is 0. The van der Waals surface area contributed by atoms with Gasteiger partial charge in [0.1, 0.15) is 5.60 Å². The van der Waals surface area contributed by atoms with Crippen molar-refractivity contribution in [3.8, 4) is 0 Å². The SMILES string of the molecule is CC(C)(C)OC(=O)N(CC1CCN(S(=O)(=O)c2ccc(C(=O)O)cc2)CC1)C1CC1c1ccccc1. The molecule has 1 saturated heterocycles. The van der Waals surface area contributed by atoms with E-state index in [1.54, 1.807) is 0 Å². The second kappa shape index (κ2) is 10.2. The fourth-order valence-electron chi connectivity index (χ4n) is 4.78. The third kappa shape index (κ3) is 6.07. The summed E-state index contributed by atoms with van der Waals surface area (Å²) in [5.74, 6) is -0.650. The Hall–Kier alpha value is -2.91. The average molecular weight is 515 g/mol. The standard InChI is InChI=1S/C27H34N2O6S/c1-27(2,3)35-26(32)29(24-17-23(24)20-7-5-4-6-8-20)18-19-13-15-28(16-14-19)36(33,34)22-11-9-21(10-12-22)25(30)31/h4-12,19,23-24H,13-18H2,1-3H3,(H,30,31). The molecule has 36 heavy (non-hydrogen) atoms. The molecular formula is C27H34N2O6S. The second-order valence-electron chi connectivity index (χ2n) is 10.6. The van der Waals surface area contributed by atoms with Gasteiger partial charge in [-0.05, 0) is 75.8 Å². The number of ether oxygens (including phenoxy) is 1. The van der Waals surface area contributed by atoms with Crippen LogP contribution < -0.4 is 0 Å². The number of sulfonamides is 1. The second-order valence-corrected chi connectivity index (χ2v) is 12.6. The summed E-state index contributed by atoms with van der Waals surface area (Å²) in [5, 5.41) is 9.06. The van der Waals surface area contributed by atoms with Crippen LogP contribution in [0.2, 0.25) is 0 Å². The van der Waals surface area contributed by atoms with Crippen LogP contribution in [0.15, 0.2) is 59.5 Å². The minimum Gasteiger partial charge on any atom is -0.478 e. The predicted molar refractivity (Wildman–Crippen MR) is 135 cm³/mol. The zero-order valence-corrected chi connectivity index (χ0v) is 21.8. The molecule has 0 bridgehead atoms. The van der Waals surface area contributed by atoms with E-state index >= 15 is 0 Å². The molecule has 0 radical (unpaired) electrons. The molecule has 0 spiro atoms. The summed E-state index contributed by atoms with van der Waals surface area (Å²) in [6.45, 7) is 6.81. The fourth-order valence-corrected chi connectivity index (χ4v) is 6.25. The van der Waals surface area contributed by atoms with Crippen LogP contribution in [0.5, 0.6) is 0 Å². The first-order valence-electron chi connectivity index (χ1n) is 12.3. The lowest BCUT2D eigenvalue weighted by molar-refractivity contribution is 0.0181. The summed E-state index contributed by atoms with van der Waals surface area (Å²) in [5.41, 5.74) is 0.662. The molecule has 4 rings (SSSR count). The van der Waals surface area contributed by atoms with Crippen molar-refractivity contribution >= 4 is 22.1 Å². The van der Waals surface area contributed by atoms with Crippen molar-refractivity contribution in [2.24, 2.45) is 5.92 Å². The maximum Gasteiger partial charge on any atom is 0.410 e. The van der Waals surface area contributed by atoms with Gasteiger partial charge in [-0.15, -0.1) is 0 Å². The van der Waals surface area contributed by atoms with Gasteiger partial charge in [0, 0.05) is 31.6 Å². The minimum absolute atomic E-state index is 0.0452. The highest BCUT2D eigenvalue weighted by Crippen LogP contribution is 2.45. The lowest BCUT2D eigenvalue weighted by atomic mass is 9.97. The molecule has 1 heterocycles. The molecule has 0 aromatic heterocycles. The molecule has 2 atom stereocenters. The van der Waals surface area contributed by atoms with Gasteiger partial charge in [-0.1, -0.05) is 30.3 Å². The van der Waals surface area contributed by atoms with E-state index in [0.717, 1.165) is 6.42 Å². The van der Waals surface area contributed by atoms with Crippen LogP contribution in [-0.4, -0.2) is 66.1 Å². The number of amides is 1. The Morgan fingerprint density at radius 1 is 1.03 bits per heavy atom. The molecule has 2 aromatic rings. The number of hydrogen-bond acceptors (Lipinski definition) is 5. The van der Waals surface area contributed by atoms with E-state index in [0.29, 0.717) is 32.5 Å². The molecule has 194 valence electrons. The van der Waals surface area contributed by atoms with Crippen molar-refractivity contribution in [3.05, 3.63) is 65.7 Å². The number of carboxylic acids is 1. The molecular weight excluding hydrogens is 480 g/mol. The molecule has 9 heteroatoms. The highest BCUT2D eigenvalue weighted by molar-refractivity contribution is 7.89. The third-order valence-electron chi connectivity index (χ3n) is 6.78. The van der Waals surface area contributed by atoms with Gasteiger partial charge in [0.15, 0.2) is 0 Å². The maximum atomic E-state index is 13.1. The van der Waals surface area contributed by atoms with Crippen LogP contribution >= 0.6 is 0 Å². The zero-order chi connectivity index (χ0) is 26.1. The number of benzene rings is 2. The van der Waals surface area contributed by atoms with Crippen molar-refractivity contribution in [3.63, 3.8) is 0 Å². The summed E-state index contributed by atoms with van der Waals surface area (Å²) in [4.78, 5) is 26.1. The molecule has 1 aliphatic heterocycles. The number of piperidine rings is 1. The Morgan fingerprint density at radius 2 is 1.64 bits per heavy atom. The van der Waals surface area contributed by atoms with E-state index in [1.807, 2.05) is 43.9 Å². The molecule has 1 aliphatic carbocycles. The van der Waals surface area contributed by atoms with E-state index in [-0.39, 0.29) is 34.4 Å². The van der Waals surface area contributed by atoms with Crippen molar-refractivity contribution in [1.29, 1.82) is 0 Å². The number of hydrogen-bond donors (Lipinski definition) is 1. The van der Waals surface area contributed by atoms with Gasteiger partial charge >= 0.3 is 12.1 Å². The number of nitrogens with zero attached hydrogens (tertiary/aromatic N) is 2. The Balaban J connectivity index is 1.41. The molecule has 2 aromatic carbocycles. The fraction of sp³-hybridized carbons (Fsp3) is 0.481. The topological polar surface area (TPSA) is 104 Å². The van der Waals surface area contributed by atoms with Crippen LogP contribution in [0.25, 0.3) is 0 Å². The van der Waals surface area contributed by atoms with Gasteiger partial charge in [-0.2, -0.15) is 4.31 Å². The zero-order valence-electron chi connectivity index (χ0n) is 21.0. The van der Waals surface area contributed by atoms with Crippen LogP contribution in [-0.2, 0) is 14.8 Å². The quantitative estimate of drug-likeness (QED) is 0.580. The van der Waals surface area contributed by atoms with Crippen LogP contribution in [0.1, 0.15) is 61.9 Å². The number of carboxylic acid groups (broad SMARTS) is 1. The molecule has 2 fully saturated rings. The van der Waals surface area contributed by atoms with E-state index in [4.69, 9.17) is 9.84 Å². The smallest absolute Gasteiger partial charge is 0.410 e. The van der Waals surface area contributed by atoms with Gasteiger partial charge in [0.05, 0.1) is 10.5 Å². The highest BCUT2D eigenvalue weighted by atomic mass is 32.2. The lowest BCUT2D eigenvalue weighted by Crippen LogP contribution is -2.45. The van der Waals surface area contributed by atoms with Gasteiger partial charge in [0.2, 0.25) is 10.0 Å². The van der Waals surface area contributed by atoms with Crippen LogP contribution in [0.3, 0.4) is 0 Å². The summed E-state index contributed by atoms with van der Waals surface area (Å²) in [6, 6.07) is 15.5. The van der Waals surface area contributed by atoms with E-state index in [2.05, 4.69) is 12.1 Å². The molecule has 1 amide bonds. The van der Waals surface area contributed by atoms with Gasteiger partial charge in [-0.3, -0.25) is 0 Å². The van der Waals surface area contributed by atoms with E-state index in [9.17, 15) is 18.0 Å². The monoisotopic (exact) mass is 514 g/mol. The van der Waals surface area contributed by atoms with Crippen LogP contribution in [0.4, 0.5) is 4.79 Å². The molecule has 2 aliphatic rings. The number of rotatable bonds is 7. The largest absolute Gasteiger partial charge is 0.478 e. The Morgan fingerprint density at radius 3 is 2.19 bits per heavy atom. The number of carbonyl (C=O) groups is 2. The van der Waals surface area contributed by atoms with Gasteiger partial charge in [-0.25, -0.2) is 18.0 Å². The summed E-state index contributed by atoms with van der Waals surface area (Å²) in [7, 11) is -3.71. The van der Waals surface area contributed by atoms with Crippen molar-refractivity contribution < 1.29 is 27.9 Å². The molecule has 8 nitrogen and oxygen atoms in total. The number of aromatic carboxylic acids is 1. The van der Waals surface area contributed by atoms with E-state index < -0.39 is 21.6 Å². The molecule has 2 unspecified atom stereocenters. The Bertz CT molecular complexity index is 1180. The summed E-state index contributed by atoms with van der Waals surface area (Å²) in [6.07, 6.45) is 1.84. The molecule has 1 saturated carbocycles. The lowest BCUT2D eigenvalue weighted by Gasteiger charge is -2.35. The predicted octanol–water partition coefficient (Wildman–Crippen LogP) is 4.58. The minimum atomic E-state index is -3.71. The first-order chi connectivity index (χ1) is 17.0. The number of carbonyl (C=O) groups excluding carboxylic acids is 1. The third-order valence-corrected chi connectivity index (χ3v) is 8.69. The average Bonchev–Trinajstić information content (AvgIpc) is 3.63. The highest BCUT2D eigenvalue weighted by Gasteiger charge is 2.46. The van der Waals surface area contributed by atoms with Crippen molar-refractivity contribution in [2.75, 3.05) is 19.6 Å². The maximum absolute atomic E-state index is 13.1. The molecule has 1 N–H and O–H groups in total. The van der Waals surface area contributed by atoms with Gasteiger partial charge < -0.3 is 14.7 Å². The Labute approximate surface area is 212 Å². The first-order valence-corrected chi connectivity index (χ1v) is 13.8. The normalized spacial score (nSPS) is 21.1. The first kappa shape index (κ1) is 26.2.